The molecule has 1 amide bonds. The monoisotopic (exact) mass is 287 g/mol. The molecule has 3 rings (SSSR count). The highest BCUT2D eigenvalue weighted by Gasteiger charge is 2.25. The number of likely N-dealkylation sites (tertiary alicyclic amines) is 1. The molecule has 1 N–H and O–H groups in total. The van der Waals surface area contributed by atoms with Gasteiger partial charge in [0.2, 0.25) is 0 Å². The van der Waals surface area contributed by atoms with Crippen molar-refractivity contribution in [3.63, 3.8) is 0 Å². The van der Waals surface area contributed by atoms with E-state index in [4.69, 9.17) is 0 Å². The normalized spacial score (nSPS) is 20.1. The van der Waals surface area contributed by atoms with Crippen LogP contribution in [0.1, 0.15) is 34.3 Å². The number of hydrogen-bond acceptors (Lipinski definition) is 3. The van der Waals surface area contributed by atoms with Gasteiger partial charge in [0.15, 0.2) is 0 Å². The minimum Gasteiger partial charge on any atom is -0.339 e. The van der Waals surface area contributed by atoms with Gasteiger partial charge in [0.1, 0.15) is 0 Å². The van der Waals surface area contributed by atoms with E-state index in [1.807, 2.05) is 18.0 Å². The molecule has 0 atom stereocenters. The number of nitrogens with one attached hydrogen (secondary N) is 1. The van der Waals surface area contributed by atoms with Crippen LogP contribution in [0.15, 0.2) is 18.2 Å². The van der Waals surface area contributed by atoms with Crippen LogP contribution in [0.2, 0.25) is 0 Å². The van der Waals surface area contributed by atoms with E-state index in [1.165, 1.54) is 11.1 Å². The summed E-state index contributed by atoms with van der Waals surface area (Å²) in [6.07, 6.45) is 3.21. The Morgan fingerprint density at radius 1 is 1.29 bits per heavy atom. The number of amides is 1. The smallest absolute Gasteiger partial charge is 0.253 e. The lowest BCUT2D eigenvalue weighted by molar-refractivity contribution is 0.0659. The Kier molecular flexibility index (Phi) is 4.27. The van der Waals surface area contributed by atoms with E-state index >= 15 is 0 Å². The van der Waals surface area contributed by atoms with Gasteiger partial charge < -0.3 is 15.1 Å². The summed E-state index contributed by atoms with van der Waals surface area (Å²) in [5.74, 6) is 0.165. The van der Waals surface area contributed by atoms with Gasteiger partial charge in [-0.25, -0.2) is 0 Å². The molecule has 2 aliphatic rings. The van der Waals surface area contributed by atoms with Crippen molar-refractivity contribution in [1.82, 2.24) is 15.1 Å². The molecule has 1 fully saturated rings. The Bertz CT molecular complexity index is 521. The molecule has 1 aromatic rings. The van der Waals surface area contributed by atoms with Crippen molar-refractivity contribution < 1.29 is 4.79 Å². The average Bonchev–Trinajstić information content (AvgIpc) is 2.54. The van der Waals surface area contributed by atoms with Crippen molar-refractivity contribution in [1.29, 1.82) is 0 Å². The summed E-state index contributed by atoms with van der Waals surface area (Å²) < 4.78 is 0. The molecule has 0 unspecified atom stereocenters. The maximum atomic E-state index is 12.7. The minimum absolute atomic E-state index is 0.165. The second-order valence-corrected chi connectivity index (χ2v) is 6.36. The van der Waals surface area contributed by atoms with Gasteiger partial charge in [-0.2, -0.15) is 0 Å². The topological polar surface area (TPSA) is 35.6 Å². The first-order chi connectivity index (χ1) is 10.1. The lowest BCUT2D eigenvalue weighted by Gasteiger charge is -2.35. The average molecular weight is 287 g/mol. The quantitative estimate of drug-likeness (QED) is 0.895. The van der Waals surface area contributed by atoms with E-state index < -0.39 is 0 Å². The molecular formula is C17H25N3O. The van der Waals surface area contributed by atoms with E-state index in [1.54, 1.807) is 0 Å². The van der Waals surface area contributed by atoms with Gasteiger partial charge in [-0.05, 0) is 69.2 Å². The van der Waals surface area contributed by atoms with Gasteiger partial charge in [-0.1, -0.05) is 6.07 Å². The number of carbonyl (C=O) groups excluding carboxylic acids is 1. The molecule has 4 heteroatoms. The Labute approximate surface area is 127 Å². The van der Waals surface area contributed by atoms with Gasteiger partial charge in [0, 0.05) is 25.2 Å². The SMILES string of the molecule is CN1CCC(N(C)C(=O)c2ccc3c(c2)CNCC3)CC1. The highest BCUT2D eigenvalue weighted by Crippen LogP contribution is 2.20. The highest BCUT2D eigenvalue weighted by molar-refractivity contribution is 5.94. The first-order valence-electron chi connectivity index (χ1n) is 7.93. The van der Waals surface area contributed by atoms with E-state index in [9.17, 15) is 4.79 Å². The molecule has 1 aromatic carbocycles. The van der Waals surface area contributed by atoms with E-state index in [0.717, 1.165) is 51.0 Å². The predicted molar refractivity (Wildman–Crippen MR) is 84.5 cm³/mol. The molecule has 21 heavy (non-hydrogen) atoms. The van der Waals surface area contributed by atoms with Gasteiger partial charge in [-0.15, -0.1) is 0 Å². The third-order valence-electron chi connectivity index (χ3n) is 4.90. The molecule has 2 heterocycles. The number of hydrogen-bond donors (Lipinski definition) is 1. The first-order valence-corrected chi connectivity index (χ1v) is 7.93. The largest absolute Gasteiger partial charge is 0.339 e. The summed E-state index contributed by atoms with van der Waals surface area (Å²) in [4.78, 5) is 17.0. The fourth-order valence-corrected chi connectivity index (χ4v) is 3.37. The third-order valence-corrected chi connectivity index (χ3v) is 4.90. The molecule has 2 aliphatic heterocycles. The highest BCUT2D eigenvalue weighted by atomic mass is 16.2. The molecule has 0 bridgehead atoms. The van der Waals surface area contributed by atoms with E-state index in [2.05, 4.69) is 29.4 Å². The van der Waals surface area contributed by atoms with Crippen LogP contribution in [0.4, 0.5) is 0 Å². The van der Waals surface area contributed by atoms with Crippen LogP contribution in [0.5, 0.6) is 0 Å². The number of piperidine rings is 1. The first kappa shape index (κ1) is 14.5. The van der Waals surface area contributed by atoms with Gasteiger partial charge in [0.25, 0.3) is 5.91 Å². The van der Waals surface area contributed by atoms with Crippen LogP contribution in [0.3, 0.4) is 0 Å². The number of fused-ring (bicyclic) bond motifs is 1. The molecule has 0 aliphatic carbocycles. The van der Waals surface area contributed by atoms with E-state index in [-0.39, 0.29) is 5.91 Å². The van der Waals surface area contributed by atoms with Crippen molar-refractivity contribution in [2.45, 2.75) is 31.8 Å². The van der Waals surface area contributed by atoms with Crippen LogP contribution in [0, 0.1) is 0 Å². The zero-order valence-electron chi connectivity index (χ0n) is 13.1. The molecule has 1 saturated heterocycles. The summed E-state index contributed by atoms with van der Waals surface area (Å²) in [5, 5.41) is 3.37. The molecule has 4 nitrogen and oxygen atoms in total. The second-order valence-electron chi connectivity index (χ2n) is 6.36. The van der Waals surface area contributed by atoms with Crippen LogP contribution in [-0.4, -0.2) is 55.5 Å². The summed E-state index contributed by atoms with van der Waals surface area (Å²) >= 11 is 0. The number of benzene rings is 1. The lowest BCUT2D eigenvalue weighted by atomic mass is 9.97. The summed E-state index contributed by atoms with van der Waals surface area (Å²) in [6, 6.07) is 6.59. The fourth-order valence-electron chi connectivity index (χ4n) is 3.37. The third kappa shape index (κ3) is 3.11. The molecule has 0 radical (unpaired) electrons. The zero-order valence-corrected chi connectivity index (χ0v) is 13.1. The van der Waals surface area contributed by atoms with Crippen molar-refractivity contribution in [2.75, 3.05) is 33.7 Å². The van der Waals surface area contributed by atoms with Crippen molar-refractivity contribution >= 4 is 5.91 Å². The molecular weight excluding hydrogens is 262 g/mol. The molecule has 114 valence electrons. The number of carbonyl (C=O) groups is 1. The molecule has 0 aromatic heterocycles. The van der Waals surface area contributed by atoms with Crippen molar-refractivity contribution in [2.24, 2.45) is 0 Å². The van der Waals surface area contributed by atoms with Crippen molar-refractivity contribution in [3.05, 3.63) is 34.9 Å². The van der Waals surface area contributed by atoms with E-state index in [0.29, 0.717) is 6.04 Å². The maximum absolute atomic E-state index is 12.7. The van der Waals surface area contributed by atoms with Crippen LogP contribution in [-0.2, 0) is 13.0 Å². The summed E-state index contributed by atoms with van der Waals surface area (Å²) in [6.45, 7) is 4.08. The summed E-state index contributed by atoms with van der Waals surface area (Å²) in [5.41, 5.74) is 3.50. The fraction of sp³-hybridized carbons (Fsp3) is 0.588. The van der Waals surface area contributed by atoms with Crippen LogP contribution < -0.4 is 5.32 Å². The Morgan fingerprint density at radius 3 is 2.81 bits per heavy atom. The molecule has 0 saturated carbocycles. The molecule has 0 spiro atoms. The van der Waals surface area contributed by atoms with Gasteiger partial charge in [0.05, 0.1) is 0 Å². The van der Waals surface area contributed by atoms with Crippen LogP contribution in [0.25, 0.3) is 0 Å². The zero-order chi connectivity index (χ0) is 14.8. The van der Waals surface area contributed by atoms with Crippen LogP contribution >= 0.6 is 0 Å². The van der Waals surface area contributed by atoms with Crippen molar-refractivity contribution in [3.8, 4) is 0 Å². The number of nitrogens with zero attached hydrogens (tertiary/aromatic N) is 2. The lowest BCUT2D eigenvalue weighted by Crippen LogP contribution is -2.44. The van der Waals surface area contributed by atoms with Gasteiger partial charge in [-0.3, -0.25) is 4.79 Å². The Balaban J connectivity index is 1.72. The number of rotatable bonds is 2. The second kappa shape index (κ2) is 6.16. The van der Waals surface area contributed by atoms with Gasteiger partial charge >= 0.3 is 0 Å². The summed E-state index contributed by atoms with van der Waals surface area (Å²) in [7, 11) is 4.10. The maximum Gasteiger partial charge on any atom is 0.253 e. The predicted octanol–water partition coefficient (Wildman–Crippen LogP) is 1.50. The minimum atomic E-state index is 0.165. The Morgan fingerprint density at radius 2 is 2.05 bits per heavy atom. The Hall–Kier alpha value is -1.39. The standard InChI is InChI=1S/C17H25N3O/c1-19-9-6-16(7-10-19)20(2)17(21)14-4-3-13-5-8-18-12-15(13)11-14/h3-4,11,16,18H,5-10,12H2,1-2H3.